The third-order valence-corrected chi connectivity index (χ3v) is 5.27. The summed E-state index contributed by atoms with van der Waals surface area (Å²) in [5.74, 6) is -3.14. The average Bonchev–Trinajstić information content (AvgIpc) is 3.01. The van der Waals surface area contributed by atoms with Crippen molar-refractivity contribution in [3.8, 4) is 11.3 Å². The van der Waals surface area contributed by atoms with Gasteiger partial charge >= 0.3 is 5.95 Å². The van der Waals surface area contributed by atoms with Crippen molar-refractivity contribution >= 4 is 17.7 Å². The Morgan fingerprint density at radius 1 is 1.22 bits per heavy atom. The molecule has 4 nitrogen and oxygen atoms in total. The number of rotatable bonds is 3. The molecule has 23 heavy (non-hydrogen) atoms. The molecule has 2 atom stereocenters. The van der Waals surface area contributed by atoms with E-state index in [2.05, 4.69) is 9.97 Å². The maximum absolute atomic E-state index is 13.9. The number of hydroxylamine groups is 2. The van der Waals surface area contributed by atoms with Gasteiger partial charge in [0, 0.05) is 18.1 Å². The Labute approximate surface area is 135 Å². The molecule has 0 saturated carbocycles. The lowest BCUT2D eigenvalue weighted by atomic mass is 10.1. The molecule has 0 spiro atoms. The molecule has 1 aromatic carbocycles. The van der Waals surface area contributed by atoms with Crippen molar-refractivity contribution in [1.82, 2.24) is 14.6 Å². The fourth-order valence-corrected chi connectivity index (χ4v) is 3.87. The Morgan fingerprint density at radius 2 is 1.96 bits per heavy atom. The number of piperidine rings is 1. The third kappa shape index (κ3) is 2.86. The van der Waals surface area contributed by atoms with Gasteiger partial charge in [-0.15, -0.1) is 11.8 Å². The Hall–Kier alpha value is -1.51. The van der Waals surface area contributed by atoms with Crippen LogP contribution in [-0.4, -0.2) is 28.1 Å². The minimum Gasteiger partial charge on any atom is -0.624 e. The number of halogens is 3. The Balaban J connectivity index is 1.99. The number of thioether (sulfide) groups is 1. The normalized spacial score (nSPS) is 24.8. The molecule has 0 amide bonds. The van der Waals surface area contributed by atoms with E-state index in [0.717, 1.165) is 25.3 Å². The van der Waals surface area contributed by atoms with Crippen LogP contribution in [0.15, 0.2) is 18.3 Å². The molecule has 1 fully saturated rings. The molecular weight excluding hydrogens is 327 g/mol. The number of hydrogen-bond acceptors (Lipinski definition) is 3. The zero-order valence-electron chi connectivity index (χ0n) is 12.5. The molecule has 8 heteroatoms. The van der Waals surface area contributed by atoms with Gasteiger partial charge in [-0.3, -0.25) is 9.63 Å². The van der Waals surface area contributed by atoms with E-state index in [-0.39, 0.29) is 22.6 Å². The second-order valence-electron chi connectivity index (χ2n) is 5.57. The molecule has 2 unspecified atom stereocenters. The van der Waals surface area contributed by atoms with Crippen LogP contribution in [0.25, 0.3) is 11.3 Å². The Bertz CT molecular complexity index is 724. The zero-order chi connectivity index (χ0) is 16.6. The first-order valence-corrected chi connectivity index (χ1v) is 8.56. The monoisotopic (exact) mass is 343 g/mol. The first kappa shape index (κ1) is 16.4. The summed E-state index contributed by atoms with van der Waals surface area (Å²) >= 11 is 1.48. The quantitative estimate of drug-likeness (QED) is 0.517. The summed E-state index contributed by atoms with van der Waals surface area (Å²) in [5.41, 5.74) is 0.0159. The van der Waals surface area contributed by atoms with Gasteiger partial charge in [0.1, 0.15) is 11.2 Å². The second-order valence-corrected chi connectivity index (χ2v) is 6.59. The predicted octanol–water partition coefficient (Wildman–Crippen LogP) is 4.17. The molecule has 2 aromatic rings. The number of benzene rings is 1. The first-order valence-electron chi connectivity index (χ1n) is 7.27. The van der Waals surface area contributed by atoms with Crippen molar-refractivity contribution in [1.29, 1.82) is 0 Å². The molecule has 3 rings (SSSR count). The smallest absolute Gasteiger partial charge is 0.307 e. The van der Waals surface area contributed by atoms with E-state index in [1.54, 1.807) is 0 Å². The largest absolute Gasteiger partial charge is 0.624 e. The molecule has 1 saturated heterocycles. The summed E-state index contributed by atoms with van der Waals surface area (Å²) in [5, 5.41) is 12.9. The first-order chi connectivity index (χ1) is 11.0. The lowest BCUT2D eigenvalue weighted by Crippen LogP contribution is -2.53. The van der Waals surface area contributed by atoms with Crippen molar-refractivity contribution in [2.45, 2.75) is 24.6 Å². The highest BCUT2D eigenvalue weighted by atomic mass is 32.2. The van der Waals surface area contributed by atoms with Gasteiger partial charge in [0.2, 0.25) is 0 Å². The number of aromatic amines is 1. The molecule has 1 aliphatic heterocycles. The highest BCUT2D eigenvalue weighted by Gasteiger charge is 2.36. The molecule has 0 bridgehead atoms. The number of hydrogen-bond donors (Lipinski definition) is 1. The van der Waals surface area contributed by atoms with Gasteiger partial charge in [-0.05, 0) is 25.2 Å². The van der Waals surface area contributed by atoms with E-state index in [9.17, 15) is 18.4 Å². The summed E-state index contributed by atoms with van der Waals surface area (Å²) < 4.78 is 39.6. The van der Waals surface area contributed by atoms with Gasteiger partial charge in [0.05, 0.1) is 18.4 Å². The fraction of sp³-hybridized carbons (Fsp3) is 0.400. The molecule has 2 heterocycles. The number of nitrogens with one attached hydrogen (secondary N) is 1. The number of aromatic nitrogens is 2. The van der Waals surface area contributed by atoms with Gasteiger partial charge < -0.3 is 5.21 Å². The molecule has 1 N–H and O–H groups in total. The van der Waals surface area contributed by atoms with Crippen molar-refractivity contribution < 1.29 is 13.2 Å². The number of nitrogens with zero attached hydrogens (tertiary/aromatic N) is 2. The molecule has 1 aromatic heterocycles. The van der Waals surface area contributed by atoms with E-state index in [4.69, 9.17) is 0 Å². The molecule has 1 aliphatic rings. The maximum atomic E-state index is 13.9. The predicted molar refractivity (Wildman–Crippen MR) is 85.1 cm³/mol. The topological polar surface area (TPSA) is 51.7 Å². The van der Waals surface area contributed by atoms with Crippen LogP contribution in [-0.2, 0) is 0 Å². The third-order valence-electron chi connectivity index (χ3n) is 4.15. The van der Waals surface area contributed by atoms with Crippen molar-refractivity contribution in [3.63, 3.8) is 0 Å². The number of imidazole rings is 1. The Morgan fingerprint density at radius 3 is 2.70 bits per heavy atom. The van der Waals surface area contributed by atoms with Crippen LogP contribution in [0.3, 0.4) is 0 Å². The van der Waals surface area contributed by atoms with Gasteiger partial charge in [-0.2, -0.15) is 4.98 Å². The fourth-order valence-electron chi connectivity index (χ4n) is 2.92. The average molecular weight is 343 g/mol. The van der Waals surface area contributed by atoms with Crippen LogP contribution < -0.4 is 4.65 Å². The molecular formula is C15H16F3N3OS. The lowest BCUT2D eigenvalue weighted by Gasteiger charge is -2.47. The highest BCUT2D eigenvalue weighted by molar-refractivity contribution is 7.99. The zero-order valence-corrected chi connectivity index (χ0v) is 13.3. The SMILES string of the molecule is CSC1CCCC[N+]1([O-])c1ncc(-c2cc(F)c(F)cc2F)[nH]1. The molecule has 124 valence electrons. The van der Waals surface area contributed by atoms with Crippen LogP contribution in [0.1, 0.15) is 19.3 Å². The van der Waals surface area contributed by atoms with Crippen LogP contribution >= 0.6 is 11.8 Å². The van der Waals surface area contributed by atoms with Gasteiger partial charge in [-0.1, -0.05) is 0 Å². The van der Waals surface area contributed by atoms with Gasteiger partial charge in [0.15, 0.2) is 11.6 Å². The van der Waals surface area contributed by atoms with Crippen LogP contribution in [0.2, 0.25) is 0 Å². The maximum Gasteiger partial charge on any atom is 0.307 e. The van der Waals surface area contributed by atoms with Crippen molar-refractivity contribution in [2.75, 3.05) is 12.8 Å². The summed E-state index contributed by atoms with van der Waals surface area (Å²) in [4.78, 5) is 6.89. The van der Waals surface area contributed by atoms with E-state index >= 15 is 0 Å². The molecule has 0 aliphatic carbocycles. The standard InChI is InChI=1S/C15H16F3N3OS/c1-23-14-4-2-3-5-21(14,22)15-19-8-13(20-15)9-6-11(17)12(18)7-10(9)16/h6-8,14H,2-5H2,1H3,(H,19,20). The Kier molecular flexibility index (Phi) is 4.39. The van der Waals surface area contributed by atoms with E-state index in [1.807, 2.05) is 6.26 Å². The van der Waals surface area contributed by atoms with E-state index < -0.39 is 22.1 Å². The van der Waals surface area contributed by atoms with Gasteiger partial charge in [0.25, 0.3) is 0 Å². The summed E-state index contributed by atoms with van der Waals surface area (Å²) in [6.45, 7) is 0.388. The van der Waals surface area contributed by atoms with E-state index in [1.165, 1.54) is 18.0 Å². The van der Waals surface area contributed by atoms with Crippen molar-refractivity contribution in [3.05, 3.63) is 41.0 Å². The number of H-pyrrole nitrogens is 1. The van der Waals surface area contributed by atoms with Crippen LogP contribution in [0, 0.1) is 22.7 Å². The minimum atomic E-state index is -1.25. The van der Waals surface area contributed by atoms with Gasteiger partial charge in [-0.25, -0.2) is 13.2 Å². The second kappa shape index (κ2) is 6.18. The summed E-state index contributed by atoms with van der Waals surface area (Å²) in [7, 11) is 0. The number of quaternary nitrogens is 1. The van der Waals surface area contributed by atoms with Crippen LogP contribution in [0.4, 0.5) is 19.1 Å². The summed E-state index contributed by atoms with van der Waals surface area (Å²) in [6, 6.07) is 1.25. The van der Waals surface area contributed by atoms with Crippen LogP contribution in [0.5, 0.6) is 0 Å². The van der Waals surface area contributed by atoms with E-state index in [0.29, 0.717) is 12.6 Å². The summed E-state index contributed by atoms with van der Waals surface area (Å²) in [6.07, 6.45) is 5.71. The van der Waals surface area contributed by atoms with Crippen molar-refractivity contribution in [2.24, 2.45) is 0 Å². The lowest BCUT2D eigenvalue weighted by molar-refractivity contribution is 0.271. The minimum absolute atomic E-state index is 0.146. The highest BCUT2D eigenvalue weighted by Crippen LogP contribution is 2.36. The molecule has 0 radical (unpaired) electrons.